The highest BCUT2D eigenvalue weighted by Crippen LogP contribution is 2.33. The molecular weight excluding hydrogens is 262 g/mol. The number of aliphatic hydroxyl groups excluding tert-OH is 1. The molecule has 0 fully saturated rings. The molecular formula is C13H9Cl2FO. The van der Waals surface area contributed by atoms with Crippen LogP contribution in [0.25, 0.3) is 0 Å². The third-order valence-corrected chi connectivity index (χ3v) is 3.15. The monoisotopic (exact) mass is 270 g/mol. The largest absolute Gasteiger partial charge is 0.384 e. The van der Waals surface area contributed by atoms with E-state index in [4.69, 9.17) is 23.2 Å². The molecule has 1 N–H and O–H groups in total. The quantitative estimate of drug-likeness (QED) is 0.811. The minimum atomic E-state index is -0.963. The Bertz CT molecular complexity index is 528. The van der Waals surface area contributed by atoms with Gasteiger partial charge in [0, 0.05) is 5.56 Å². The average molecular weight is 271 g/mol. The Labute approximate surface area is 108 Å². The molecule has 0 bridgehead atoms. The van der Waals surface area contributed by atoms with Gasteiger partial charge in [0.2, 0.25) is 0 Å². The van der Waals surface area contributed by atoms with Gasteiger partial charge in [-0.05, 0) is 11.6 Å². The van der Waals surface area contributed by atoms with Crippen LogP contribution < -0.4 is 0 Å². The Kier molecular flexibility index (Phi) is 3.67. The van der Waals surface area contributed by atoms with Crippen molar-refractivity contribution in [2.24, 2.45) is 0 Å². The van der Waals surface area contributed by atoms with Crippen LogP contribution in [-0.2, 0) is 0 Å². The molecule has 0 amide bonds. The Morgan fingerprint density at radius 1 is 1.00 bits per heavy atom. The van der Waals surface area contributed by atoms with Gasteiger partial charge in [0.1, 0.15) is 6.10 Å². The van der Waals surface area contributed by atoms with E-state index in [-0.39, 0.29) is 10.0 Å². The predicted molar refractivity (Wildman–Crippen MR) is 66.9 cm³/mol. The van der Waals surface area contributed by atoms with E-state index in [1.807, 2.05) is 6.07 Å². The standard InChI is InChI=1S/C13H9Cl2FO/c14-10-7-6-9(11(15)12(10)16)13(17)8-4-2-1-3-5-8/h1-7,13,17H. The highest BCUT2D eigenvalue weighted by molar-refractivity contribution is 6.35. The van der Waals surface area contributed by atoms with Crippen molar-refractivity contribution in [3.63, 3.8) is 0 Å². The fourth-order valence-electron chi connectivity index (χ4n) is 1.57. The van der Waals surface area contributed by atoms with Crippen molar-refractivity contribution < 1.29 is 9.50 Å². The summed E-state index contributed by atoms with van der Waals surface area (Å²) in [7, 11) is 0. The zero-order valence-electron chi connectivity index (χ0n) is 8.70. The van der Waals surface area contributed by atoms with Crippen molar-refractivity contribution in [1.82, 2.24) is 0 Å². The van der Waals surface area contributed by atoms with Gasteiger partial charge in [-0.1, -0.05) is 59.6 Å². The van der Waals surface area contributed by atoms with E-state index >= 15 is 0 Å². The van der Waals surface area contributed by atoms with Gasteiger partial charge in [0.15, 0.2) is 5.82 Å². The summed E-state index contributed by atoms with van der Waals surface area (Å²) in [6.07, 6.45) is -0.963. The lowest BCUT2D eigenvalue weighted by Crippen LogP contribution is -2.01. The molecule has 1 nitrogen and oxygen atoms in total. The molecule has 4 heteroatoms. The van der Waals surface area contributed by atoms with Gasteiger partial charge in [-0.25, -0.2) is 4.39 Å². The summed E-state index contributed by atoms with van der Waals surface area (Å²) in [6.45, 7) is 0. The number of hydrogen-bond acceptors (Lipinski definition) is 1. The molecule has 0 aromatic heterocycles. The predicted octanol–water partition coefficient (Wildman–Crippen LogP) is 4.21. The highest BCUT2D eigenvalue weighted by atomic mass is 35.5. The van der Waals surface area contributed by atoms with E-state index in [2.05, 4.69) is 0 Å². The van der Waals surface area contributed by atoms with Gasteiger partial charge in [-0.2, -0.15) is 0 Å². The third kappa shape index (κ3) is 2.44. The van der Waals surface area contributed by atoms with Gasteiger partial charge >= 0.3 is 0 Å². The van der Waals surface area contributed by atoms with Crippen LogP contribution in [0.2, 0.25) is 10.0 Å². The van der Waals surface area contributed by atoms with Crippen molar-refractivity contribution >= 4 is 23.2 Å². The minimum absolute atomic E-state index is 0.0565. The molecule has 0 saturated carbocycles. The normalized spacial score (nSPS) is 12.5. The molecule has 0 aliphatic heterocycles. The molecule has 0 aliphatic rings. The Morgan fingerprint density at radius 2 is 1.65 bits per heavy atom. The van der Waals surface area contributed by atoms with Gasteiger partial charge in [0.05, 0.1) is 10.0 Å². The molecule has 1 unspecified atom stereocenters. The topological polar surface area (TPSA) is 20.2 Å². The van der Waals surface area contributed by atoms with Gasteiger partial charge in [-0.15, -0.1) is 0 Å². The van der Waals surface area contributed by atoms with Crippen LogP contribution in [0.3, 0.4) is 0 Å². The van der Waals surface area contributed by atoms with Crippen molar-refractivity contribution in [3.05, 3.63) is 69.5 Å². The molecule has 2 aromatic carbocycles. The van der Waals surface area contributed by atoms with Gasteiger partial charge < -0.3 is 5.11 Å². The van der Waals surface area contributed by atoms with E-state index in [1.54, 1.807) is 24.3 Å². The zero-order chi connectivity index (χ0) is 12.4. The molecule has 17 heavy (non-hydrogen) atoms. The van der Waals surface area contributed by atoms with Gasteiger partial charge in [-0.3, -0.25) is 0 Å². The first-order valence-corrected chi connectivity index (χ1v) is 5.73. The molecule has 0 heterocycles. The summed E-state index contributed by atoms with van der Waals surface area (Å²) in [5.41, 5.74) is 0.955. The van der Waals surface area contributed by atoms with Crippen molar-refractivity contribution in [1.29, 1.82) is 0 Å². The molecule has 0 aliphatic carbocycles. The van der Waals surface area contributed by atoms with E-state index in [0.717, 1.165) is 0 Å². The summed E-state index contributed by atoms with van der Waals surface area (Å²) in [5, 5.41) is 9.89. The van der Waals surface area contributed by atoms with E-state index in [9.17, 15) is 9.50 Å². The smallest absolute Gasteiger partial charge is 0.160 e. The zero-order valence-corrected chi connectivity index (χ0v) is 10.2. The molecule has 0 radical (unpaired) electrons. The fraction of sp³-hybridized carbons (Fsp3) is 0.0769. The number of halogens is 3. The number of benzene rings is 2. The van der Waals surface area contributed by atoms with Crippen LogP contribution in [0.4, 0.5) is 4.39 Å². The number of aliphatic hydroxyl groups is 1. The Balaban J connectivity index is 2.45. The van der Waals surface area contributed by atoms with Crippen LogP contribution in [-0.4, -0.2) is 5.11 Å². The minimum Gasteiger partial charge on any atom is -0.384 e. The Morgan fingerprint density at radius 3 is 2.29 bits per heavy atom. The first kappa shape index (κ1) is 12.4. The number of rotatable bonds is 2. The maximum atomic E-state index is 13.5. The van der Waals surface area contributed by atoms with Crippen LogP contribution in [0.15, 0.2) is 42.5 Å². The summed E-state index contributed by atoms with van der Waals surface area (Å²) in [6, 6.07) is 11.8. The molecule has 0 saturated heterocycles. The molecule has 2 aromatic rings. The number of hydrogen-bond donors (Lipinski definition) is 1. The van der Waals surface area contributed by atoms with E-state index < -0.39 is 11.9 Å². The van der Waals surface area contributed by atoms with E-state index in [0.29, 0.717) is 11.1 Å². The van der Waals surface area contributed by atoms with Gasteiger partial charge in [0.25, 0.3) is 0 Å². The first-order chi connectivity index (χ1) is 8.11. The Hall–Kier alpha value is -1.09. The highest BCUT2D eigenvalue weighted by Gasteiger charge is 2.17. The second-order valence-corrected chi connectivity index (χ2v) is 4.36. The molecule has 0 spiro atoms. The fourth-order valence-corrected chi connectivity index (χ4v) is 2.04. The lowest BCUT2D eigenvalue weighted by atomic mass is 10.0. The summed E-state index contributed by atoms with van der Waals surface area (Å²) in [4.78, 5) is 0. The van der Waals surface area contributed by atoms with E-state index in [1.165, 1.54) is 12.1 Å². The van der Waals surface area contributed by atoms with Crippen molar-refractivity contribution in [2.45, 2.75) is 6.10 Å². The first-order valence-electron chi connectivity index (χ1n) is 4.97. The average Bonchev–Trinajstić information content (AvgIpc) is 2.36. The van der Waals surface area contributed by atoms with Crippen LogP contribution >= 0.6 is 23.2 Å². The molecule has 88 valence electrons. The van der Waals surface area contributed by atoms with Crippen LogP contribution in [0.1, 0.15) is 17.2 Å². The lowest BCUT2D eigenvalue weighted by molar-refractivity contribution is 0.220. The molecule has 2 rings (SSSR count). The maximum absolute atomic E-state index is 13.5. The third-order valence-electron chi connectivity index (χ3n) is 2.47. The summed E-state index contributed by atoms with van der Waals surface area (Å²) < 4.78 is 13.5. The SMILES string of the molecule is OC(c1ccccc1)c1ccc(Cl)c(F)c1Cl. The van der Waals surface area contributed by atoms with Crippen molar-refractivity contribution in [3.8, 4) is 0 Å². The molecule has 1 atom stereocenters. The maximum Gasteiger partial charge on any atom is 0.160 e. The van der Waals surface area contributed by atoms with Crippen LogP contribution in [0.5, 0.6) is 0 Å². The second kappa shape index (κ2) is 5.05. The van der Waals surface area contributed by atoms with Crippen molar-refractivity contribution in [2.75, 3.05) is 0 Å². The summed E-state index contributed by atoms with van der Waals surface area (Å²) >= 11 is 11.4. The lowest BCUT2D eigenvalue weighted by Gasteiger charge is -2.13. The van der Waals surface area contributed by atoms with Crippen LogP contribution in [0, 0.1) is 5.82 Å². The second-order valence-electron chi connectivity index (χ2n) is 3.58. The summed E-state index contributed by atoms with van der Waals surface area (Å²) in [5.74, 6) is -0.708.